The van der Waals surface area contributed by atoms with Crippen molar-refractivity contribution in [2.75, 3.05) is 25.0 Å². The molecule has 6 heteroatoms. The summed E-state index contributed by atoms with van der Waals surface area (Å²) >= 11 is 0. The lowest BCUT2D eigenvalue weighted by molar-refractivity contribution is 0.0948. The van der Waals surface area contributed by atoms with Crippen LogP contribution in [0.4, 0.5) is 5.69 Å². The van der Waals surface area contributed by atoms with Gasteiger partial charge in [0.2, 0.25) is 0 Å². The zero-order chi connectivity index (χ0) is 23.6. The second kappa shape index (κ2) is 11.7. The van der Waals surface area contributed by atoms with Crippen LogP contribution in [0.5, 0.6) is 0 Å². The molecule has 0 bridgehead atoms. The van der Waals surface area contributed by atoms with Gasteiger partial charge in [-0.15, -0.1) is 0 Å². The minimum absolute atomic E-state index is 0. The third kappa shape index (κ3) is 6.49. The normalized spacial score (nSPS) is 12.8. The molecule has 4 rings (SSSR count). The summed E-state index contributed by atoms with van der Waals surface area (Å²) in [6, 6.07) is 28.0. The summed E-state index contributed by atoms with van der Waals surface area (Å²) < 4.78 is 0. The fraction of sp³-hybridized carbons (Fsp3) is 0.179. The average molecular weight is 458 g/mol. The molecule has 0 spiro atoms. The first-order valence-electron chi connectivity index (χ1n) is 11.6. The smallest absolute Gasteiger partial charge is 0.251 e. The third-order valence-electron chi connectivity index (χ3n) is 5.65. The summed E-state index contributed by atoms with van der Waals surface area (Å²) in [4.78, 5) is 15.0. The zero-order valence-electron chi connectivity index (χ0n) is 19.4. The first-order valence-corrected chi connectivity index (χ1v) is 11.6. The van der Waals surface area contributed by atoms with E-state index in [2.05, 4.69) is 69.7 Å². The van der Waals surface area contributed by atoms with Crippen LogP contribution in [0.15, 0.2) is 103 Å². The van der Waals surface area contributed by atoms with E-state index in [1.165, 1.54) is 5.56 Å². The van der Waals surface area contributed by atoms with Gasteiger partial charge in [0.1, 0.15) is 5.82 Å². The first kappa shape index (κ1) is 23.1. The number of carbonyl (C=O) groups is 1. The number of nitrogens with zero attached hydrogens (tertiary/aromatic N) is 1. The molecule has 1 aliphatic rings. The Morgan fingerprint density at radius 1 is 0.912 bits per heavy atom. The van der Waals surface area contributed by atoms with Gasteiger partial charge in [0.05, 0.1) is 5.70 Å². The number of anilines is 1. The van der Waals surface area contributed by atoms with Crippen LogP contribution in [-0.4, -0.2) is 30.4 Å². The number of likely N-dealkylation sites (N-methyl/N-ethyl adjacent to an activating group) is 1. The molecule has 4 N–H and O–H groups in total. The van der Waals surface area contributed by atoms with Gasteiger partial charge >= 0.3 is 0 Å². The summed E-state index contributed by atoms with van der Waals surface area (Å²) in [6.07, 6.45) is 3.98. The molecule has 0 unspecified atom stereocenters. The van der Waals surface area contributed by atoms with E-state index in [1.807, 2.05) is 60.7 Å². The lowest BCUT2D eigenvalue weighted by atomic mass is 10.1. The maximum atomic E-state index is 12.7. The molecule has 1 aliphatic heterocycles. The van der Waals surface area contributed by atoms with Gasteiger partial charge in [-0.05, 0) is 48.0 Å². The number of allylic oxidation sites excluding steroid dienone is 2. The second-order valence-corrected chi connectivity index (χ2v) is 8.09. The van der Waals surface area contributed by atoms with Crippen molar-refractivity contribution in [2.45, 2.75) is 13.5 Å². The van der Waals surface area contributed by atoms with Crippen molar-refractivity contribution < 1.29 is 7.65 Å². The van der Waals surface area contributed by atoms with Crippen LogP contribution in [-0.2, 0) is 6.54 Å². The van der Waals surface area contributed by atoms with Gasteiger partial charge in [0, 0.05) is 33.7 Å². The number of nitrogens with one attached hydrogen (secondary N) is 4. The monoisotopic (exact) mass is 457 g/mol. The number of amides is 1. The maximum Gasteiger partial charge on any atom is 0.251 e. The number of rotatable bonds is 10. The highest BCUT2D eigenvalue weighted by atomic mass is 16.1. The van der Waals surface area contributed by atoms with E-state index in [-0.39, 0.29) is 8.76 Å². The van der Waals surface area contributed by atoms with Crippen LogP contribution in [0.3, 0.4) is 0 Å². The highest BCUT2D eigenvalue weighted by molar-refractivity contribution is 5.95. The fourth-order valence-corrected chi connectivity index (χ4v) is 3.76. The van der Waals surface area contributed by atoms with Crippen molar-refractivity contribution in [3.63, 3.8) is 0 Å². The molecule has 0 atom stereocenters. The largest absolute Gasteiger partial charge is 0.351 e. The van der Waals surface area contributed by atoms with Gasteiger partial charge in [-0.1, -0.05) is 73.7 Å². The quantitative estimate of drug-likeness (QED) is 0.351. The van der Waals surface area contributed by atoms with E-state index in [1.54, 1.807) is 0 Å². The predicted octanol–water partition coefficient (Wildman–Crippen LogP) is 4.83. The lowest BCUT2D eigenvalue weighted by Crippen LogP contribution is -2.35. The van der Waals surface area contributed by atoms with Crippen molar-refractivity contribution in [1.82, 2.24) is 21.1 Å². The van der Waals surface area contributed by atoms with Crippen LogP contribution in [0.1, 0.15) is 31.3 Å². The van der Waals surface area contributed by atoms with Gasteiger partial charge in [-0.25, -0.2) is 0 Å². The van der Waals surface area contributed by atoms with Crippen molar-refractivity contribution in [3.8, 4) is 0 Å². The summed E-state index contributed by atoms with van der Waals surface area (Å²) in [5.41, 5.74) is 11.2. The molecule has 0 aromatic heterocycles. The number of benzene rings is 3. The molecule has 0 saturated heterocycles. The Morgan fingerprint density at radius 2 is 1.68 bits per heavy atom. The van der Waals surface area contributed by atoms with Crippen LogP contribution in [0.2, 0.25) is 0 Å². The van der Waals surface area contributed by atoms with E-state index in [4.69, 9.17) is 0 Å². The molecule has 1 amide bonds. The molecule has 178 valence electrons. The van der Waals surface area contributed by atoms with Gasteiger partial charge in [-0.2, -0.15) is 0 Å². The van der Waals surface area contributed by atoms with E-state index < -0.39 is 0 Å². The van der Waals surface area contributed by atoms with Crippen LogP contribution in [0, 0.1) is 0 Å². The van der Waals surface area contributed by atoms with E-state index >= 15 is 0 Å². The van der Waals surface area contributed by atoms with Crippen molar-refractivity contribution in [2.24, 2.45) is 0 Å². The average Bonchev–Trinajstić information content (AvgIpc) is 2.90. The number of hydrogen-bond donors (Lipinski definition) is 4. The molecule has 0 aliphatic carbocycles. The van der Waals surface area contributed by atoms with Gasteiger partial charge < -0.3 is 10.6 Å². The second-order valence-electron chi connectivity index (χ2n) is 8.09. The lowest BCUT2D eigenvalue weighted by Gasteiger charge is -2.21. The van der Waals surface area contributed by atoms with Crippen molar-refractivity contribution in [1.29, 1.82) is 0 Å². The van der Waals surface area contributed by atoms with Gasteiger partial charge in [0.15, 0.2) is 0 Å². The Labute approximate surface area is 204 Å². The number of hydrogen-bond acceptors (Lipinski definition) is 5. The van der Waals surface area contributed by atoms with Crippen LogP contribution < -0.4 is 21.5 Å². The first-order chi connectivity index (χ1) is 16.7. The summed E-state index contributed by atoms with van der Waals surface area (Å²) in [5, 5.41) is 6.36. The molecule has 3 aromatic rings. The minimum atomic E-state index is -0.0746. The fourth-order valence-electron chi connectivity index (χ4n) is 3.76. The van der Waals surface area contributed by atoms with Crippen LogP contribution >= 0.6 is 0 Å². The Morgan fingerprint density at radius 3 is 2.38 bits per heavy atom. The van der Waals surface area contributed by atoms with Crippen LogP contribution in [0.25, 0.3) is 5.70 Å². The molecule has 34 heavy (non-hydrogen) atoms. The molecule has 0 fully saturated rings. The van der Waals surface area contributed by atoms with E-state index in [9.17, 15) is 4.79 Å². The zero-order valence-corrected chi connectivity index (χ0v) is 19.4. The molecule has 1 heterocycles. The standard InChI is InChI=1S/C28H31N5O.2H2/c1-2-33(21-22-10-5-3-6-11-22)19-18-29-28(34)24-14-9-15-25(20-24)30-27-17-16-26(31-32-27)23-12-7-4-8-13-23;;/h3-17,20,30-32H,2,18-19,21H2,1H3,(H,29,34);2*1H. The third-order valence-corrected chi connectivity index (χ3v) is 5.65. The maximum absolute atomic E-state index is 12.7. The molecule has 0 saturated carbocycles. The minimum Gasteiger partial charge on any atom is -0.351 e. The molecular formula is C28H35N5O. The van der Waals surface area contributed by atoms with Gasteiger partial charge in [0.25, 0.3) is 5.91 Å². The number of carbonyl (C=O) groups excluding carboxylic acids is 1. The molecular weight excluding hydrogens is 422 g/mol. The predicted molar refractivity (Wildman–Crippen MR) is 143 cm³/mol. The summed E-state index contributed by atoms with van der Waals surface area (Å²) in [6.45, 7) is 5.35. The topological polar surface area (TPSA) is 68.4 Å². The number of hydrazine groups is 1. The molecule has 6 nitrogen and oxygen atoms in total. The van der Waals surface area contributed by atoms with E-state index in [0.717, 1.165) is 42.4 Å². The summed E-state index contributed by atoms with van der Waals surface area (Å²) in [7, 11) is 0. The van der Waals surface area contributed by atoms with Crippen molar-refractivity contribution >= 4 is 17.3 Å². The Kier molecular flexibility index (Phi) is 7.98. The SMILES string of the molecule is CCN(CCNC(=O)c1cccc(NC2=CC=C(c3ccccc3)NN2)c1)Cc1ccccc1.[HH].[HH]. The van der Waals surface area contributed by atoms with Gasteiger partial charge in [-0.3, -0.25) is 20.5 Å². The Bertz CT molecular complexity index is 1150. The van der Waals surface area contributed by atoms with Crippen molar-refractivity contribution in [3.05, 3.63) is 120 Å². The Hall–Kier alpha value is -4.03. The van der Waals surface area contributed by atoms with E-state index in [0.29, 0.717) is 12.1 Å². The highest BCUT2D eigenvalue weighted by Gasteiger charge is 2.10. The highest BCUT2D eigenvalue weighted by Crippen LogP contribution is 2.16. The Balaban J connectivity index is 0.00000228. The molecule has 0 radical (unpaired) electrons. The molecule has 3 aromatic carbocycles. The summed E-state index contributed by atoms with van der Waals surface area (Å²) in [5.74, 6) is 0.728.